The Hall–Kier alpha value is -2.24. The molecule has 2 aliphatic heterocycles. The molecule has 2 aliphatic rings. The lowest BCUT2D eigenvalue weighted by molar-refractivity contribution is -0.200. The van der Waals surface area contributed by atoms with Crippen LogP contribution in [-0.2, 0) is 14.3 Å². The molecule has 0 saturated carbocycles. The summed E-state index contributed by atoms with van der Waals surface area (Å²) in [6.45, 7) is 10.9. The first-order chi connectivity index (χ1) is 14.3. The van der Waals surface area contributed by atoms with Crippen molar-refractivity contribution in [3.8, 4) is 0 Å². The number of hydrogen-bond donors (Lipinski definition) is 2. The fraction of sp³-hybridized carbons (Fsp3) is 0.800. The van der Waals surface area contributed by atoms with E-state index in [4.69, 9.17) is 16.2 Å². The predicted octanol–water partition coefficient (Wildman–Crippen LogP) is 0.480. The van der Waals surface area contributed by atoms with Gasteiger partial charge in [-0.3, -0.25) is 9.59 Å². The van der Waals surface area contributed by atoms with E-state index in [1.807, 2.05) is 0 Å². The maximum absolute atomic E-state index is 13.4. The summed E-state index contributed by atoms with van der Waals surface area (Å²) in [6.07, 6.45) is 1.01. The van der Waals surface area contributed by atoms with Gasteiger partial charge in [0.05, 0.1) is 0 Å². The van der Waals surface area contributed by atoms with Crippen LogP contribution >= 0.6 is 0 Å². The van der Waals surface area contributed by atoms with Crippen molar-refractivity contribution >= 4 is 23.9 Å². The number of carbonyl (C=O) groups excluding carboxylic acids is 4. The van der Waals surface area contributed by atoms with E-state index in [-0.39, 0.29) is 19.7 Å². The lowest BCUT2D eigenvalue weighted by Crippen LogP contribution is -2.65. The van der Waals surface area contributed by atoms with E-state index in [0.29, 0.717) is 25.9 Å². The number of hydrogen-bond acceptors (Lipinski definition) is 7. The molecule has 0 aromatic carbocycles. The number of rotatable bonds is 10. The zero-order chi connectivity index (χ0) is 23.8. The van der Waals surface area contributed by atoms with Crippen LogP contribution in [0.15, 0.2) is 0 Å². The first-order valence-corrected chi connectivity index (χ1v) is 10.7. The molecule has 0 aliphatic carbocycles. The van der Waals surface area contributed by atoms with Gasteiger partial charge in [0.25, 0.3) is 11.8 Å². The maximum atomic E-state index is 13.4. The Balaban J connectivity index is 2.55. The zero-order valence-corrected chi connectivity index (χ0v) is 19.4. The molecule has 4 N–H and O–H groups in total. The second-order valence-corrected chi connectivity index (χ2v) is 8.92. The Bertz CT molecular complexity index is 696. The molecule has 11 nitrogen and oxygen atoms in total. The van der Waals surface area contributed by atoms with Gasteiger partial charge in [0.1, 0.15) is 11.1 Å². The van der Waals surface area contributed by atoms with Gasteiger partial charge in [-0.25, -0.2) is 19.4 Å². The Kier molecular flexibility index (Phi) is 7.03. The minimum Gasteiger partial charge on any atom is -0.338 e. The third kappa shape index (κ3) is 3.79. The number of urea groups is 2. The minimum absolute atomic E-state index is 0.0665. The summed E-state index contributed by atoms with van der Waals surface area (Å²) in [5.41, 5.74) is 8.83. The van der Waals surface area contributed by atoms with Crippen molar-refractivity contribution in [2.45, 2.75) is 71.3 Å². The summed E-state index contributed by atoms with van der Waals surface area (Å²) in [7, 11) is 0. The van der Waals surface area contributed by atoms with Crippen LogP contribution in [0.2, 0.25) is 0 Å². The van der Waals surface area contributed by atoms with Crippen LogP contribution in [0, 0.1) is 0 Å². The van der Waals surface area contributed by atoms with Gasteiger partial charge >= 0.3 is 12.1 Å². The molecule has 0 spiro atoms. The van der Waals surface area contributed by atoms with E-state index < -0.39 is 40.8 Å². The van der Waals surface area contributed by atoms with Crippen LogP contribution in [0.3, 0.4) is 0 Å². The van der Waals surface area contributed by atoms with Crippen molar-refractivity contribution in [1.82, 2.24) is 19.6 Å². The minimum atomic E-state index is -1.92. The standard InChI is InChI=1S/C20H36N6O5/c1-7-31-20(6,25-14(27)18(2,3)23(16(25)29)12-8-10-21)26-15(28)19(4,5)24(17(26)30)13-9-11-22/h7-13,21-22H2,1-6H3. The molecule has 0 aromatic rings. The van der Waals surface area contributed by atoms with Gasteiger partial charge in [-0.15, -0.1) is 0 Å². The van der Waals surface area contributed by atoms with Crippen LogP contribution < -0.4 is 11.5 Å². The van der Waals surface area contributed by atoms with Gasteiger partial charge in [0.15, 0.2) is 0 Å². The number of nitrogens with zero attached hydrogens (tertiary/aromatic N) is 4. The highest BCUT2D eigenvalue weighted by Gasteiger charge is 2.65. The number of nitrogens with two attached hydrogens (primary N) is 2. The monoisotopic (exact) mass is 440 g/mol. The fourth-order valence-electron chi connectivity index (χ4n) is 4.15. The predicted molar refractivity (Wildman–Crippen MR) is 113 cm³/mol. The van der Waals surface area contributed by atoms with Gasteiger partial charge in [0, 0.05) is 26.6 Å². The van der Waals surface area contributed by atoms with Gasteiger partial charge in [-0.05, 0) is 60.5 Å². The highest BCUT2D eigenvalue weighted by Crippen LogP contribution is 2.40. The number of amides is 6. The van der Waals surface area contributed by atoms with Crippen LogP contribution in [0.1, 0.15) is 54.4 Å². The van der Waals surface area contributed by atoms with Crippen LogP contribution in [0.25, 0.3) is 0 Å². The molecular weight excluding hydrogens is 404 g/mol. The van der Waals surface area contributed by atoms with E-state index in [1.165, 1.54) is 16.7 Å². The van der Waals surface area contributed by atoms with Crippen molar-refractivity contribution in [3.63, 3.8) is 0 Å². The van der Waals surface area contributed by atoms with E-state index in [2.05, 4.69) is 0 Å². The van der Waals surface area contributed by atoms with Gasteiger partial charge in [-0.2, -0.15) is 0 Å². The quantitative estimate of drug-likeness (QED) is 0.470. The molecule has 11 heteroatoms. The fourth-order valence-corrected chi connectivity index (χ4v) is 4.15. The number of ether oxygens (including phenoxy) is 1. The normalized spacial score (nSPS) is 21.2. The number of carbonyl (C=O) groups is 4. The zero-order valence-electron chi connectivity index (χ0n) is 19.4. The van der Waals surface area contributed by atoms with Gasteiger partial charge < -0.3 is 26.0 Å². The van der Waals surface area contributed by atoms with Crippen molar-refractivity contribution in [1.29, 1.82) is 0 Å². The molecule has 6 amide bonds. The van der Waals surface area contributed by atoms with Crippen molar-refractivity contribution in [2.24, 2.45) is 11.5 Å². The van der Waals surface area contributed by atoms with Gasteiger partial charge in [0.2, 0.25) is 5.85 Å². The average molecular weight is 441 g/mol. The molecule has 0 bridgehead atoms. The first-order valence-electron chi connectivity index (χ1n) is 10.7. The first kappa shape index (κ1) is 25.0. The molecule has 2 saturated heterocycles. The summed E-state index contributed by atoms with van der Waals surface area (Å²) in [5, 5.41) is 0. The van der Waals surface area contributed by atoms with E-state index in [0.717, 1.165) is 9.80 Å². The second-order valence-electron chi connectivity index (χ2n) is 8.92. The van der Waals surface area contributed by atoms with Gasteiger partial charge in [-0.1, -0.05) is 0 Å². The Morgan fingerprint density at radius 1 is 0.806 bits per heavy atom. The third-order valence-electron chi connectivity index (χ3n) is 6.07. The Morgan fingerprint density at radius 2 is 1.16 bits per heavy atom. The highest BCUT2D eigenvalue weighted by molar-refractivity contribution is 6.10. The SMILES string of the molecule is CCOC(C)(N1C(=O)N(CCCN)C(C)(C)C1=O)N1C(=O)N(CCCN)C(C)(C)C1=O. The smallest absolute Gasteiger partial charge is 0.331 e. The van der Waals surface area contributed by atoms with Crippen molar-refractivity contribution in [3.05, 3.63) is 0 Å². The average Bonchev–Trinajstić information content (AvgIpc) is 2.96. The molecule has 0 atom stereocenters. The van der Waals surface area contributed by atoms with Crippen LogP contribution in [0.5, 0.6) is 0 Å². The van der Waals surface area contributed by atoms with E-state index >= 15 is 0 Å². The topological polar surface area (TPSA) is 143 Å². The summed E-state index contributed by atoms with van der Waals surface area (Å²) >= 11 is 0. The molecule has 0 unspecified atom stereocenters. The van der Waals surface area contributed by atoms with Crippen molar-refractivity contribution < 1.29 is 23.9 Å². The molecule has 2 fully saturated rings. The number of imide groups is 2. The highest BCUT2D eigenvalue weighted by atomic mass is 16.5. The molecule has 2 rings (SSSR count). The summed E-state index contributed by atoms with van der Waals surface area (Å²) in [6, 6.07) is -1.25. The molecule has 176 valence electrons. The van der Waals surface area contributed by atoms with Crippen LogP contribution in [-0.4, -0.2) is 93.2 Å². The van der Waals surface area contributed by atoms with Crippen LogP contribution in [0.4, 0.5) is 9.59 Å². The Labute approximate surface area is 183 Å². The lowest BCUT2D eigenvalue weighted by atomic mass is 10.0. The maximum Gasteiger partial charge on any atom is 0.331 e. The molecule has 0 radical (unpaired) electrons. The molecule has 2 heterocycles. The third-order valence-corrected chi connectivity index (χ3v) is 6.07. The van der Waals surface area contributed by atoms with Crippen molar-refractivity contribution in [2.75, 3.05) is 32.8 Å². The summed E-state index contributed by atoms with van der Waals surface area (Å²) in [4.78, 5) is 58.1. The van der Waals surface area contributed by atoms with E-state index in [1.54, 1.807) is 34.6 Å². The second kappa shape index (κ2) is 8.71. The lowest BCUT2D eigenvalue weighted by Gasteiger charge is -2.41. The summed E-state index contributed by atoms with van der Waals surface area (Å²) in [5.74, 6) is -3.02. The largest absolute Gasteiger partial charge is 0.338 e. The molecule has 0 aromatic heterocycles. The molecule has 31 heavy (non-hydrogen) atoms. The summed E-state index contributed by atoms with van der Waals surface area (Å²) < 4.78 is 5.84. The molecular formula is C20H36N6O5. The van der Waals surface area contributed by atoms with E-state index in [9.17, 15) is 19.2 Å². The Morgan fingerprint density at radius 3 is 1.45 bits per heavy atom.